The van der Waals surface area contributed by atoms with Crippen molar-refractivity contribution in [3.8, 4) is 0 Å². The number of carbonyl (C=O) groups is 1. The topological polar surface area (TPSA) is 66.5 Å². The highest BCUT2D eigenvalue weighted by molar-refractivity contribution is 5.89. The number of nitrogens with zero attached hydrogens (tertiary/aromatic N) is 2. The van der Waals surface area contributed by atoms with Gasteiger partial charge in [0.25, 0.3) is 0 Å². The molecule has 1 aliphatic carbocycles. The van der Waals surface area contributed by atoms with E-state index >= 15 is 0 Å². The number of nitrogens with one attached hydrogen (secondary N) is 2. The van der Waals surface area contributed by atoms with Crippen LogP contribution in [0.15, 0.2) is 18.3 Å². The molecule has 2 N–H and O–H groups in total. The lowest BCUT2D eigenvalue weighted by molar-refractivity contribution is 0.122. The Bertz CT molecular complexity index is 465. The molecule has 0 bridgehead atoms. The summed E-state index contributed by atoms with van der Waals surface area (Å²) in [4.78, 5) is 18.5. The van der Waals surface area contributed by atoms with Gasteiger partial charge in [-0.1, -0.05) is 12.8 Å². The van der Waals surface area contributed by atoms with E-state index in [2.05, 4.69) is 20.5 Å². The highest BCUT2D eigenvalue weighted by atomic mass is 16.5. The molecule has 1 aliphatic heterocycles. The third-order valence-electron chi connectivity index (χ3n) is 4.03. The highest BCUT2D eigenvalue weighted by Gasteiger charge is 2.17. The van der Waals surface area contributed by atoms with E-state index in [9.17, 15) is 4.79 Å². The first-order chi connectivity index (χ1) is 10.3. The summed E-state index contributed by atoms with van der Waals surface area (Å²) in [5.74, 6) is 0.931. The Balaban J connectivity index is 1.52. The lowest BCUT2D eigenvalue weighted by atomic mass is 10.2. The lowest BCUT2D eigenvalue weighted by Gasteiger charge is -2.27. The van der Waals surface area contributed by atoms with Crippen LogP contribution < -0.4 is 15.5 Å². The summed E-state index contributed by atoms with van der Waals surface area (Å²) >= 11 is 0. The van der Waals surface area contributed by atoms with Gasteiger partial charge in [-0.25, -0.2) is 9.78 Å². The zero-order valence-corrected chi connectivity index (χ0v) is 12.2. The number of hydrogen-bond donors (Lipinski definition) is 2. The molecule has 0 aromatic carbocycles. The Labute approximate surface area is 124 Å². The normalized spacial score (nSPS) is 19.5. The number of pyridine rings is 1. The minimum absolute atomic E-state index is 0.136. The van der Waals surface area contributed by atoms with Gasteiger partial charge in [-0.3, -0.25) is 0 Å². The Morgan fingerprint density at radius 3 is 2.67 bits per heavy atom. The van der Waals surface area contributed by atoms with Crippen molar-refractivity contribution in [1.82, 2.24) is 10.3 Å². The van der Waals surface area contributed by atoms with Gasteiger partial charge in [-0.15, -0.1) is 0 Å². The number of hydrogen-bond acceptors (Lipinski definition) is 4. The van der Waals surface area contributed by atoms with Gasteiger partial charge in [0.15, 0.2) is 0 Å². The first kappa shape index (κ1) is 14.1. The molecule has 6 heteroatoms. The molecule has 2 heterocycles. The molecular weight excluding hydrogens is 268 g/mol. The van der Waals surface area contributed by atoms with E-state index in [1.165, 1.54) is 12.8 Å². The van der Waals surface area contributed by atoms with Crippen molar-refractivity contribution in [3.05, 3.63) is 18.3 Å². The van der Waals surface area contributed by atoms with Crippen LogP contribution in [0.3, 0.4) is 0 Å². The molecule has 3 rings (SSSR count). The standard InChI is InChI=1S/C15H22N4O2/c20-15(17-12-3-1-2-4-12)18-13-5-6-14(16-11-13)19-7-9-21-10-8-19/h5-6,11-12H,1-4,7-10H2,(H2,17,18,20). The zero-order valence-electron chi connectivity index (χ0n) is 12.2. The Morgan fingerprint density at radius 1 is 1.24 bits per heavy atom. The fourth-order valence-corrected chi connectivity index (χ4v) is 2.86. The van der Waals surface area contributed by atoms with E-state index in [0.29, 0.717) is 6.04 Å². The first-order valence-electron chi connectivity index (χ1n) is 7.67. The number of urea groups is 1. The summed E-state index contributed by atoms with van der Waals surface area (Å²) in [7, 11) is 0. The molecule has 1 saturated carbocycles. The summed E-state index contributed by atoms with van der Waals surface area (Å²) < 4.78 is 5.33. The predicted molar refractivity (Wildman–Crippen MR) is 81.7 cm³/mol. The molecule has 6 nitrogen and oxygen atoms in total. The maximum Gasteiger partial charge on any atom is 0.319 e. The van der Waals surface area contributed by atoms with E-state index < -0.39 is 0 Å². The van der Waals surface area contributed by atoms with E-state index in [0.717, 1.165) is 50.7 Å². The van der Waals surface area contributed by atoms with Crippen molar-refractivity contribution in [2.45, 2.75) is 31.7 Å². The second-order valence-corrected chi connectivity index (χ2v) is 5.58. The van der Waals surface area contributed by atoms with Gasteiger partial charge in [0.1, 0.15) is 5.82 Å². The summed E-state index contributed by atoms with van der Waals surface area (Å²) in [6, 6.07) is 4.02. The average molecular weight is 290 g/mol. The minimum Gasteiger partial charge on any atom is -0.378 e. The summed E-state index contributed by atoms with van der Waals surface area (Å²) in [6.45, 7) is 3.21. The van der Waals surface area contributed by atoms with E-state index in [4.69, 9.17) is 4.74 Å². The van der Waals surface area contributed by atoms with Gasteiger partial charge < -0.3 is 20.3 Å². The zero-order chi connectivity index (χ0) is 14.5. The molecule has 0 unspecified atom stereocenters. The first-order valence-corrected chi connectivity index (χ1v) is 7.67. The van der Waals surface area contributed by atoms with Crippen molar-refractivity contribution >= 4 is 17.5 Å². The van der Waals surface area contributed by atoms with Gasteiger partial charge in [-0.2, -0.15) is 0 Å². The van der Waals surface area contributed by atoms with Crippen LogP contribution in [0.25, 0.3) is 0 Å². The van der Waals surface area contributed by atoms with Crippen molar-refractivity contribution in [2.24, 2.45) is 0 Å². The minimum atomic E-state index is -0.136. The Morgan fingerprint density at radius 2 is 2.00 bits per heavy atom. The highest BCUT2D eigenvalue weighted by Crippen LogP contribution is 2.18. The Kier molecular flexibility index (Phi) is 4.55. The predicted octanol–water partition coefficient (Wildman–Crippen LogP) is 1.98. The fraction of sp³-hybridized carbons (Fsp3) is 0.600. The van der Waals surface area contributed by atoms with Gasteiger partial charge in [0.2, 0.25) is 0 Å². The van der Waals surface area contributed by atoms with Gasteiger partial charge in [0.05, 0.1) is 25.1 Å². The van der Waals surface area contributed by atoms with E-state index in [-0.39, 0.29) is 6.03 Å². The van der Waals surface area contributed by atoms with Crippen molar-refractivity contribution in [1.29, 1.82) is 0 Å². The van der Waals surface area contributed by atoms with Crippen LogP contribution in [0.4, 0.5) is 16.3 Å². The summed E-state index contributed by atoms with van der Waals surface area (Å²) in [5.41, 5.74) is 0.725. The van der Waals surface area contributed by atoms with Crippen molar-refractivity contribution in [2.75, 3.05) is 36.5 Å². The van der Waals surface area contributed by atoms with Crippen LogP contribution in [-0.2, 0) is 4.74 Å². The maximum absolute atomic E-state index is 11.9. The van der Waals surface area contributed by atoms with Crippen LogP contribution >= 0.6 is 0 Å². The molecule has 1 aromatic heterocycles. The molecule has 2 fully saturated rings. The number of carbonyl (C=O) groups excluding carboxylic acids is 1. The lowest BCUT2D eigenvalue weighted by Crippen LogP contribution is -2.37. The average Bonchev–Trinajstić information content (AvgIpc) is 3.02. The molecule has 0 spiro atoms. The number of rotatable bonds is 3. The SMILES string of the molecule is O=C(Nc1ccc(N2CCOCC2)nc1)NC1CCCC1. The molecular formula is C15H22N4O2. The molecule has 1 saturated heterocycles. The van der Waals surface area contributed by atoms with Crippen LogP contribution in [0, 0.1) is 0 Å². The summed E-state index contributed by atoms with van der Waals surface area (Å²) in [6.07, 6.45) is 6.30. The molecule has 114 valence electrons. The van der Waals surface area contributed by atoms with Crippen molar-refractivity contribution < 1.29 is 9.53 Å². The maximum atomic E-state index is 11.9. The molecule has 21 heavy (non-hydrogen) atoms. The Hall–Kier alpha value is -1.82. The van der Waals surface area contributed by atoms with Crippen LogP contribution in [0.5, 0.6) is 0 Å². The third kappa shape index (κ3) is 3.85. The molecule has 0 radical (unpaired) electrons. The van der Waals surface area contributed by atoms with Gasteiger partial charge in [-0.05, 0) is 25.0 Å². The van der Waals surface area contributed by atoms with Crippen molar-refractivity contribution in [3.63, 3.8) is 0 Å². The smallest absolute Gasteiger partial charge is 0.319 e. The van der Waals surface area contributed by atoms with Crippen LogP contribution in [-0.4, -0.2) is 43.4 Å². The molecule has 2 aliphatic rings. The molecule has 2 amide bonds. The number of anilines is 2. The molecule has 0 atom stereocenters. The third-order valence-corrected chi connectivity index (χ3v) is 4.03. The quantitative estimate of drug-likeness (QED) is 0.893. The largest absolute Gasteiger partial charge is 0.378 e. The second-order valence-electron chi connectivity index (χ2n) is 5.58. The molecule has 1 aromatic rings. The van der Waals surface area contributed by atoms with Crippen LogP contribution in [0.1, 0.15) is 25.7 Å². The fourth-order valence-electron chi connectivity index (χ4n) is 2.86. The second kappa shape index (κ2) is 6.76. The van der Waals surface area contributed by atoms with E-state index in [1.54, 1.807) is 6.20 Å². The van der Waals surface area contributed by atoms with Gasteiger partial charge >= 0.3 is 6.03 Å². The van der Waals surface area contributed by atoms with E-state index in [1.807, 2.05) is 12.1 Å². The number of aromatic nitrogens is 1. The number of amides is 2. The van der Waals surface area contributed by atoms with Crippen LogP contribution in [0.2, 0.25) is 0 Å². The van der Waals surface area contributed by atoms with Gasteiger partial charge in [0, 0.05) is 19.1 Å². The number of morpholine rings is 1. The monoisotopic (exact) mass is 290 g/mol. The number of ether oxygens (including phenoxy) is 1. The summed E-state index contributed by atoms with van der Waals surface area (Å²) in [5, 5.41) is 5.84.